The summed E-state index contributed by atoms with van der Waals surface area (Å²) in [7, 11) is 0. The molecule has 1 aliphatic heterocycles. The number of nitrogens with zero attached hydrogens (tertiary/aromatic N) is 1. The van der Waals surface area contributed by atoms with Gasteiger partial charge in [-0.3, -0.25) is 4.99 Å². The topological polar surface area (TPSA) is 12.4 Å². The van der Waals surface area contributed by atoms with Crippen molar-refractivity contribution in [2.45, 2.75) is 20.3 Å². The molecule has 0 N–H and O–H groups in total. The van der Waals surface area contributed by atoms with Crippen molar-refractivity contribution in [2.75, 3.05) is 0 Å². The quantitative estimate of drug-likeness (QED) is 0.593. The maximum absolute atomic E-state index is 5.44. The lowest BCUT2D eigenvalue weighted by Crippen LogP contribution is -2.06. The molecule has 0 bridgehead atoms. The van der Waals surface area contributed by atoms with Crippen molar-refractivity contribution in [2.24, 2.45) is 10.9 Å². The number of benzene rings is 1. The largest absolute Gasteiger partial charge is 0.257 e. The van der Waals surface area contributed by atoms with E-state index in [1.165, 1.54) is 11.3 Å². The Morgan fingerprint density at radius 3 is 2.86 bits per heavy atom. The lowest BCUT2D eigenvalue weighted by molar-refractivity contribution is 0.871. The fourth-order valence-corrected chi connectivity index (χ4v) is 1.71. The predicted octanol–water partition coefficient (Wildman–Crippen LogP) is 2.95. The molecule has 14 heavy (non-hydrogen) atoms. The molecular weight excluding hydrogens is 170 g/mol. The molecule has 0 atom stereocenters. The van der Waals surface area contributed by atoms with E-state index in [4.69, 9.17) is 6.42 Å². The molecule has 0 radical (unpaired) electrons. The fraction of sp³-hybridized carbons (Fsp3) is 0.308. The molecular formula is C13H13N. The average molecular weight is 183 g/mol. The molecule has 1 aliphatic rings. The first kappa shape index (κ1) is 9.02. The van der Waals surface area contributed by atoms with Gasteiger partial charge in [0.2, 0.25) is 0 Å². The van der Waals surface area contributed by atoms with Gasteiger partial charge in [0.1, 0.15) is 0 Å². The molecule has 1 aromatic rings. The summed E-state index contributed by atoms with van der Waals surface area (Å²) in [4.78, 5) is 4.58. The average Bonchev–Trinajstić information content (AvgIpc) is 2.60. The first-order valence-corrected chi connectivity index (χ1v) is 4.88. The van der Waals surface area contributed by atoms with E-state index >= 15 is 0 Å². The highest BCUT2D eigenvalue weighted by Gasteiger charge is 2.18. The van der Waals surface area contributed by atoms with Crippen LogP contribution in [0.2, 0.25) is 0 Å². The highest BCUT2D eigenvalue weighted by atomic mass is 14.8. The zero-order valence-corrected chi connectivity index (χ0v) is 8.54. The smallest absolute Gasteiger partial charge is 0.0677 e. The van der Waals surface area contributed by atoms with E-state index in [1.54, 1.807) is 0 Å². The second-order valence-corrected chi connectivity index (χ2v) is 3.88. The summed E-state index contributed by atoms with van der Waals surface area (Å²) in [6.07, 6.45) is 6.37. The Bertz CT molecular complexity index is 433. The minimum absolute atomic E-state index is 0.507. The van der Waals surface area contributed by atoms with Crippen LogP contribution in [-0.4, -0.2) is 5.71 Å². The second-order valence-electron chi connectivity index (χ2n) is 3.88. The van der Waals surface area contributed by atoms with Crippen LogP contribution in [0.15, 0.2) is 23.2 Å². The number of terminal acetylenes is 1. The minimum Gasteiger partial charge on any atom is -0.257 e. The highest BCUT2D eigenvalue weighted by Crippen LogP contribution is 2.30. The zero-order chi connectivity index (χ0) is 10.1. The Balaban J connectivity index is 2.45. The van der Waals surface area contributed by atoms with Crippen LogP contribution in [0, 0.1) is 18.3 Å². The minimum atomic E-state index is 0.507. The molecule has 0 amide bonds. The van der Waals surface area contributed by atoms with Gasteiger partial charge in [-0.15, -0.1) is 6.42 Å². The molecule has 0 aromatic heterocycles. The van der Waals surface area contributed by atoms with Crippen molar-refractivity contribution >= 4 is 11.4 Å². The molecule has 1 nitrogen and oxygen atoms in total. The summed E-state index contributed by atoms with van der Waals surface area (Å²) in [5.74, 6) is 3.22. The fourth-order valence-electron chi connectivity index (χ4n) is 1.71. The molecule has 0 unspecified atom stereocenters. The normalized spacial score (nSPS) is 13.7. The van der Waals surface area contributed by atoms with E-state index in [1.807, 2.05) is 18.2 Å². The Kier molecular flexibility index (Phi) is 2.13. The lowest BCUT2D eigenvalue weighted by atomic mass is 9.99. The third-order valence-electron chi connectivity index (χ3n) is 2.60. The third-order valence-corrected chi connectivity index (χ3v) is 2.60. The van der Waals surface area contributed by atoms with Gasteiger partial charge in [-0.05, 0) is 23.6 Å². The number of aliphatic imine (C=N–C) groups is 1. The standard InChI is InChI=1S/C13H13N/c1-4-10-6-5-7-12-11(10)8-13(14-12)9(2)3/h1,5-7,9H,8H2,2-3H3. The van der Waals surface area contributed by atoms with Gasteiger partial charge in [0.25, 0.3) is 0 Å². The summed E-state index contributed by atoms with van der Waals surface area (Å²) in [6, 6.07) is 5.99. The number of fused-ring (bicyclic) bond motifs is 1. The van der Waals surface area contributed by atoms with Crippen LogP contribution in [0.25, 0.3) is 0 Å². The number of hydrogen-bond donors (Lipinski definition) is 0. The highest BCUT2D eigenvalue weighted by molar-refractivity contribution is 5.96. The monoisotopic (exact) mass is 183 g/mol. The van der Waals surface area contributed by atoms with Crippen LogP contribution in [-0.2, 0) is 6.42 Å². The maximum atomic E-state index is 5.44. The molecule has 0 saturated heterocycles. The van der Waals surface area contributed by atoms with Gasteiger partial charge in [-0.2, -0.15) is 0 Å². The van der Waals surface area contributed by atoms with Crippen molar-refractivity contribution in [3.63, 3.8) is 0 Å². The summed E-state index contributed by atoms with van der Waals surface area (Å²) in [5, 5.41) is 0. The van der Waals surface area contributed by atoms with Crippen molar-refractivity contribution in [3.05, 3.63) is 29.3 Å². The Morgan fingerprint density at radius 1 is 1.43 bits per heavy atom. The van der Waals surface area contributed by atoms with E-state index in [0.29, 0.717) is 5.92 Å². The summed E-state index contributed by atoms with van der Waals surface area (Å²) < 4.78 is 0. The van der Waals surface area contributed by atoms with Crippen molar-refractivity contribution in [1.29, 1.82) is 0 Å². The number of rotatable bonds is 1. The number of hydrogen-bond acceptors (Lipinski definition) is 1. The molecule has 0 spiro atoms. The van der Waals surface area contributed by atoms with Crippen molar-refractivity contribution < 1.29 is 0 Å². The van der Waals surface area contributed by atoms with E-state index in [0.717, 1.165) is 17.7 Å². The second kappa shape index (κ2) is 3.31. The lowest BCUT2D eigenvalue weighted by Gasteiger charge is -2.03. The Hall–Kier alpha value is -1.55. The molecule has 1 aromatic carbocycles. The van der Waals surface area contributed by atoms with Crippen LogP contribution in [0.3, 0.4) is 0 Å². The zero-order valence-electron chi connectivity index (χ0n) is 8.54. The Labute approximate surface area is 84.9 Å². The van der Waals surface area contributed by atoms with Gasteiger partial charge in [0, 0.05) is 17.7 Å². The summed E-state index contributed by atoms with van der Waals surface area (Å²) >= 11 is 0. The maximum Gasteiger partial charge on any atom is 0.0677 e. The van der Waals surface area contributed by atoms with Gasteiger partial charge in [-0.25, -0.2) is 0 Å². The molecule has 1 heterocycles. The van der Waals surface area contributed by atoms with Crippen molar-refractivity contribution in [1.82, 2.24) is 0 Å². The SMILES string of the molecule is C#Cc1cccc2c1CC(C(C)C)=N2. The molecule has 0 aliphatic carbocycles. The summed E-state index contributed by atoms with van der Waals surface area (Å²) in [6.45, 7) is 4.33. The third kappa shape index (κ3) is 1.33. The van der Waals surface area contributed by atoms with Crippen LogP contribution in [0.4, 0.5) is 5.69 Å². The van der Waals surface area contributed by atoms with Gasteiger partial charge >= 0.3 is 0 Å². The van der Waals surface area contributed by atoms with Gasteiger partial charge < -0.3 is 0 Å². The van der Waals surface area contributed by atoms with E-state index < -0.39 is 0 Å². The molecule has 70 valence electrons. The predicted molar refractivity (Wildman–Crippen MR) is 60.0 cm³/mol. The van der Waals surface area contributed by atoms with Gasteiger partial charge in [-0.1, -0.05) is 25.8 Å². The molecule has 0 fully saturated rings. The Morgan fingerprint density at radius 2 is 2.21 bits per heavy atom. The van der Waals surface area contributed by atoms with E-state index in [-0.39, 0.29) is 0 Å². The van der Waals surface area contributed by atoms with Crippen LogP contribution < -0.4 is 0 Å². The molecule has 1 heteroatoms. The first-order chi connectivity index (χ1) is 6.72. The molecule has 0 saturated carbocycles. The summed E-state index contributed by atoms with van der Waals surface area (Å²) in [5.41, 5.74) is 4.51. The van der Waals surface area contributed by atoms with E-state index in [9.17, 15) is 0 Å². The van der Waals surface area contributed by atoms with Crippen molar-refractivity contribution in [3.8, 4) is 12.3 Å². The van der Waals surface area contributed by atoms with Gasteiger partial charge in [0.15, 0.2) is 0 Å². The van der Waals surface area contributed by atoms with Crippen LogP contribution >= 0.6 is 0 Å². The van der Waals surface area contributed by atoms with E-state index in [2.05, 4.69) is 24.8 Å². The van der Waals surface area contributed by atoms with Crippen LogP contribution in [0.5, 0.6) is 0 Å². The van der Waals surface area contributed by atoms with Gasteiger partial charge in [0.05, 0.1) is 5.69 Å². The van der Waals surface area contributed by atoms with Crippen LogP contribution in [0.1, 0.15) is 25.0 Å². The molecule has 2 rings (SSSR count). The first-order valence-electron chi connectivity index (χ1n) is 4.88.